The first-order valence-corrected chi connectivity index (χ1v) is 15.3. The molecule has 1 atom stereocenters. The van der Waals surface area contributed by atoms with Gasteiger partial charge in [-0.3, -0.25) is 0 Å². The molecule has 2 aliphatic rings. The molecule has 0 unspecified atom stereocenters. The number of hydrogen-bond donors (Lipinski definition) is 1. The summed E-state index contributed by atoms with van der Waals surface area (Å²) >= 11 is 6.39. The van der Waals surface area contributed by atoms with Gasteiger partial charge in [-0.1, -0.05) is 50.4 Å². The number of anilines is 2. The Balaban J connectivity index is 1.17. The molecule has 2 aliphatic heterocycles. The van der Waals surface area contributed by atoms with Crippen LogP contribution in [0, 0.1) is 0 Å². The Morgan fingerprint density at radius 1 is 0.923 bits per heavy atom. The standard InChI is InChI=1S/C32H44ClN3O3/c1-3-5-20-38-32(39-21-6-4-2)30-23-36(19-22-37-30)26-9-7-24(8-10-26)25-14-17-35(18-15-25)29-12-11-28(33)27-13-16-34-31(27)29/h7-13,16,25,30,32,34H,3-6,14-15,17-23H2,1-2H3/t30-/m0/s1. The van der Waals surface area contributed by atoms with E-state index < -0.39 is 0 Å². The highest BCUT2D eigenvalue weighted by Gasteiger charge is 2.30. The normalized spacial score (nSPS) is 18.9. The zero-order valence-electron chi connectivity index (χ0n) is 23.5. The van der Waals surface area contributed by atoms with Crippen molar-refractivity contribution in [3.8, 4) is 0 Å². The minimum absolute atomic E-state index is 0.0736. The minimum atomic E-state index is -0.303. The van der Waals surface area contributed by atoms with Crippen molar-refractivity contribution in [3.05, 3.63) is 59.2 Å². The summed E-state index contributed by atoms with van der Waals surface area (Å²) in [6.07, 6.45) is 8.21. The van der Waals surface area contributed by atoms with Crippen LogP contribution in [-0.2, 0) is 14.2 Å². The molecule has 1 aromatic heterocycles. The van der Waals surface area contributed by atoms with E-state index in [0.717, 1.165) is 80.6 Å². The maximum Gasteiger partial charge on any atom is 0.185 e. The highest BCUT2D eigenvalue weighted by Crippen LogP contribution is 2.36. The number of aromatic nitrogens is 1. The lowest BCUT2D eigenvalue weighted by Gasteiger charge is -2.38. The molecule has 2 saturated heterocycles. The van der Waals surface area contributed by atoms with Gasteiger partial charge < -0.3 is 29.0 Å². The van der Waals surface area contributed by atoms with E-state index in [9.17, 15) is 0 Å². The van der Waals surface area contributed by atoms with Crippen molar-refractivity contribution >= 4 is 33.9 Å². The smallest absolute Gasteiger partial charge is 0.185 e. The van der Waals surface area contributed by atoms with Crippen LogP contribution in [0.1, 0.15) is 63.9 Å². The molecule has 39 heavy (non-hydrogen) atoms. The molecule has 0 radical (unpaired) electrons. The molecule has 2 aromatic carbocycles. The van der Waals surface area contributed by atoms with Crippen LogP contribution in [0.2, 0.25) is 5.02 Å². The number of ether oxygens (including phenoxy) is 3. The molecule has 212 valence electrons. The number of morpholine rings is 1. The number of rotatable bonds is 12. The van der Waals surface area contributed by atoms with Gasteiger partial charge >= 0.3 is 0 Å². The summed E-state index contributed by atoms with van der Waals surface area (Å²) in [4.78, 5) is 8.30. The summed E-state index contributed by atoms with van der Waals surface area (Å²) in [5.74, 6) is 0.586. The Kier molecular flexibility index (Phi) is 10.1. The lowest BCUT2D eigenvalue weighted by atomic mass is 9.89. The van der Waals surface area contributed by atoms with Gasteiger partial charge in [0.2, 0.25) is 0 Å². The number of fused-ring (bicyclic) bond motifs is 1. The third kappa shape index (κ3) is 6.91. The number of H-pyrrole nitrogens is 1. The first-order chi connectivity index (χ1) is 19.2. The lowest BCUT2D eigenvalue weighted by Crippen LogP contribution is -2.49. The molecular formula is C32H44ClN3O3. The molecule has 0 saturated carbocycles. The van der Waals surface area contributed by atoms with Crippen LogP contribution in [-0.4, -0.2) is 63.4 Å². The van der Waals surface area contributed by atoms with Gasteiger partial charge in [-0.25, -0.2) is 0 Å². The second-order valence-electron chi connectivity index (χ2n) is 10.9. The number of benzene rings is 2. The van der Waals surface area contributed by atoms with Gasteiger partial charge in [0.05, 0.1) is 22.8 Å². The summed E-state index contributed by atoms with van der Waals surface area (Å²) in [7, 11) is 0. The van der Waals surface area contributed by atoms with E-state index in [4.69, 9.17) is 25.8 Å². The number of hydrogen-bond acceptors (Lipinski definition) is 5. The van der Waals surface area contributed by atoms with Gasteiger partial charge in [0.25, 0.3) is 0 Å². The largest absolute Gasteiger partial charge is 0.370 e. The molecule has 0 bridgehead atoms. The average molecular weight is 554 g/mol. The highest BCUT2D eigenvalue weighted by atomic mass is 35.5. The number of nitrogens with one attached hydrogen (secondary N) is 1. The minimum Gasteiger partial charge on any atom is -0.370 e. The van der Waals surface area contributed by atoms with Crippen LogP contribution in [0.25, 0.3) is 10.9 Å². The van der Waals surface area contributed by atoms with E-state index in [1.54, 1.807) is 0 Å². The quantitative estimate of drug-likeness (QED) is 0.187. The monoisotopic (exact) mass is 553 g/mol. The van der Waals surface area contributed by atoms with E-state index in [1.165, 1.54) is 16.9 Å². The zero-order chi connectivity index (χ0) is 27.0. The van der Waals surface area contributed by atoms with Gasteiger partial charge in [-0.05, 0) is 67.5 Å². The summed E-state index contributed by atoms with van der Waals surface area (Å²) in [5.41, 5.74) is 5.09. The van der Waals surface area contributed by atoms with Crippen molar-refractivity contribution in [1.82, 2.24) is 4.98 Å². The predicted molar refractivity (Wildman–Crippen MR) is 161 cm³/mol. The molecular weight excluding hydrogens is 510 g/mol. The molecule has 5 rings (SSSR count). The summed E-state index contributed by atoms with van der Waals surface area (Å²) in [6.45, 7) is 10.3. The van der Waals surface area contributed by atoms with E-state index in [1.807, 2.05) is 12.3 Å². The topological polar surface area (TPSA) is 50.0 Å². The van der Waals surface area contributed by atoms with Crippen LogP contribution in [0.4, 0.5) is 11.4 Å². The van der Waals surface area contributed by atoms with E-state index in [0.29, 0.717) is 25.7 Å². The molecule has 0 aliphatic carbocycles. The molecule has 2 fully saturated rings. The van der Waals surface area contributed by atoms with E-state index in [2.05, 4.69) is 65.0 Å². The molecule has 7 heteroatoms. The van der Waals surface area contributed by atoms with Crippen molar-refractivity contribution in [2.45, 2.75) is 70.7 Å². The number of halogens is 1. The summed E-state index contributed by atoms with van der Waals surface area (Å²) in [6, 6.07) is 15.5. The van der Waals surface area contributed by atoms with Crippen molar-refractivity contribution in [2.24, 2.45) is 0 Å². The Morgan fingerprint density at radius 2 is 1.64 bits per heavy atom. The maximum absolute atomic E-state index is 6.39. The third-order valence-corrected chi connectivity index (χ3v) is 8.50. The fourth-order valence-corrected chi connectivity index (χ4v) is 6.03. The number of unbranched alkanes of at least 4 members (excludes halogenated alkanes) is 2. The zero-order valence-corrected chi connectivity index (χ0v) is 24.3. The fourth-order valence-electron chi connectivity index (χ4n) is 5.81. The number of nitrogens with zero attached hydrogens (tertiary/aromatic N) is 2. The van der Waals surface area contributed by atoms with E-state index in [-0.39, 0.29) is 12.4 Å². The SMILES string of the molecule is CCCCOC(OCCCC)[C@@H]1CN(c2ccc(C3CCN(c4ccc(Cl)c5cc[nH]c45)CC3)cc2)CCO1. The Morgan fingerprint density at radius 3 is 2.33 bits per heavy atom. The molecule has 3 aromatic rings. The van der Waals surface area contributed by atoms with Crippen LogP contribution in [0.3, 0.4) is 0 Å². The van der Waals surface area contributed by atoms with Gasteiger partial charge in [0.1, 0.15) is 6.10 Å². The van der Waals surface area contributed by atoms with Gasteiger partial charge in [0.15, 0.2) is 6.29 Å². The third-order valence-electron chi connectivity index (χ3n) is 8.17. The maximum atomic E-state index is 6.39. The summed E-state index contributed by atoms with van der Waals surface area (Å²) < 4.78 is 18.4. The Bertz CT molecular complexity index is 1150. The molecule has 6 nitrogen and oxygen atoms in total. The van der Waals surface area contributed by atoms with E-state index >= 15 is 0 Å². The molecule has 0 amide bonds. The van der Waals surface area contributed by atoms with Crippen LogP contribution >= 0.6 is 11.6 Å². The fraction of sp³-hybridized carbons (Fsp3) is 0.562. The van der Waals surface area contributed by atoms with Gasteiger partial charge in [0, 0.05) is 56.7 Å². The van der Waals surface area contributed by atoms with Crippen LogP contribution < -0.4 is 9.80 Å². The second-order valence-corrected chi connectivity index (χ2v) is 11.3. The number of aromatic amines is 1. The average Bonchev–Trinajstić information content (AvgIpc) is 3.48. The van der Waals surface area contributed by atoms with Crippen molar-refractivity contribution in [2.75, 3.05) is 55.8 Å². The molecule has 0 spiro atoms. The van der Waals surface area contributed by atoms with Crippen molar-refractivity contribution < 1.29 is 14.2 Å². The van der Waals surface area contributed by atoms with Crippen molar-refractivity contribution in [3.63, 3.8) is 0 Å². The summed E-state index contributed by atoms with van der Waals surface area (Å²) in [5, 5.41) is 1.91. The molecule has 1 N–H and O–H groups in total. The highest BCUT2D eigenvalue weighted by molar-refractivity contribution is 6.35. The molecule has 3 heterocycles. The first-order valence-electron chi connectivity index (χ1n) is 14.9. The predicted octanol–water partition coefficient (Wildman–Crippen LogP) is 7.37. The van der Waals surface area contributed by atoms with Crippen LogP contribution in [0.15, 0.2) is 48.7 Å². The second kappa shape index (κ2) is 13.9. The van der Waals surface area contributed by atoms with Crippen LogP contribution in [0.5, 0.6) is 0 Å². The Hall–Kier alpha value is -2.25. The van der Waals surface area contributed by atoms with Gasteiger partial charge in [-0.15, -0.1) is 0 Å². The van der Waals surface area contributed by atoms with Gasteiger partial charge in [-0.2, -0.15) is 0 Å². The Labute approximate surface area is 238 Å². The lowest BCUT2D eigenvalue weighted by molar-refractivity contribution is -0.209. The van der Waals surface area contributed by atoms with Crippen molar-refractivity contribution in [1.29, 1.82) is 0 Å². The first kappa shape index (κ1) is 28.3. The number of piperidine rings is 1.